The molecule has 0 radical (unpaired) electrons. The number of para-hydroxylation sites is 2. The second-order valence-electron chi connectivity index (χ2n) is 5.83. The van der Waals surface area contributed by atoms with E-state index in [2.05, 4.69) is 26.0 Å². The quantitative estimate of drug-likeness (QED) is 0.628. The molecular weight excluding hydrogens is 330 g/mol. The van der Waals surface area contributed by atoms with Crippen LogP contribution in [0.1, 0.15) is 28.5 Å². The number of aromatic nitrogens is 3. The van der Waals surface area contributed by atoms with Crippen molar-refractivity contribution in [3.8, 4) is 5.75 Å². The van der Waals surface area contributed by atoms with Crippen LogP contribution in [0.5, 0.6) is 5.75 Å². The second-order valence-corrected chi connectivity index (χ2v) is 5.83. The number of nitrogens with one attached hydrogen (secondary N) is 3. The summed E-state index contributed by atoms with van der Waals surface area (Å²) in [5.41, 5.74) is 3.94. The molecule has 0 spiro atoms. The summed E-state index contributed by atoms with van der Waals surface area (Å²) in [6, 6.07) is 13.2. The minimum Gasteiger partial charge on any atom is -0.492 e. The van der Waals surface area contributed by atoms with Crippen LogP contribution in [0, 0.1) is 13.8 Å². The number of hydrogen-bond donors (Lipinski definition) is 3. The van der Waals surface area contributed by atoms with E-state index in [0.29, 0.717) is 23.9 Å². The van der Waals surface area contributed by atoms with E-state index in [9.17, 15) is 4.79 Å². The molecule has 134 valence electrons. The van der Waals surface area contributed by atoms with Gasteiger partial charge in [-0.2, -0.15) is 5.21 Å². The van der Waals surface area contributed by atoms with Gasteiger partial charge in [-0.25, -0.2) is 0 Å². The standard InChI is InChI=1S/C19H21N5O2/c1-4-26-16-8-6-5-7-15(16)21-19(25)17-18(23-24-22-17)20-14-10-9-12(2)13(3)11-14/h5-11H,4H2,1-3H3,(H,21,25)(H2,20,22,23,24). The van der Waals surface area contributed by atoms with Gasteiger partial charge in [0.2, 0.25) is 0 Å². The summed E-state index contributed by atoms with van der Waals surface area (Å²) in [5, 5.41) is 16.5. The van der Waals surface area contributed by atoms with Crippen LogP contribution in [-0.2, 0) is 0 Å². The lowest BCUT2D eigenvalue weighted by atomic mass is 10.1. The van der Waals surface area contributed by atoms with Crippen LogP contribution in [0.25, 0.3) is 0 Å². The van der Waals surface area contributed by atoms with E-state index in [4.69, 9.17) is 4.74 Å². The molecule has 0 saturated heterocycles. The first kappa shape index (κ1) is 17.5. The van der Waals surface area contributed by atoms with Crippen molar-refractivity contribution in [2.24, 2.45) is 0 Å². The molecule has 3 N–H and O–H groups in total. The number of carbonyl (C=O) groups is 1. The van der Waals surface area contributed by atoms with E-state index in [-0.39, 0.29) is 11.6 Å². The lowest BCUT2D eigenvalue weighted by Crippen LogP contribution is -2.15. The highest BCUT2D eigenvalue weighted by Gasteiger charge is 2.18. The Morgan fingerprint density at radius 1 is 1.12 bits per heavy atom. The number of aryl methyl sites for hydroxylation is 2. The topological polar surface area (TPSA) is 91.9 Å². The van der Waals surface area contributed by atoms with E-state index in [1.165, 1.54) is 5.56 Å². The number of nitrogens with zero attached hydrogens (tertiary/aromatic N) is 2. The monoisotopic (exact) mass is 351 g/mol. The Bertz CT molecular complexity index is 920. The van der Waals surface area contributed by atoms with Gasteiger partial charge >= 0.3 is 0 Å². The summed E-state index contributed by atoms with van der Waals surface area (Å²) in [6.07, 6.45) is 0. The number of hydrogen-bond acceptors (Lipinski definition) is 5. The number of anilines is 3. The van der Waals surface area contributed by atoms with Gasteiger partial charge in [0.05, 0.1) is 12.3 Å². The molecular formula is C19H21N5O2. The smallest absolute Gasteiger partial charge is 0.280 e. The molecule has 1 amide bonds. The molecule has 7 nitrogen and oxygen atoms in total. The van der Waals surface area contributed by atoms with Gasteiger partial charge in [-0.05, 0) is 56.2 Å². The fraction of sp³-hybridized carbons (Fsp3) is 0.211. The summed E-state index contributed by atoms with van der Waals surface area (Å²) in [6.45, 7) is 6.48. The zero-order valence-electron chi connectivity index (χ0n) is 15.0. The summed E-state index contributed by atoms with van der Waals surface area (Å²) in [5.74, 6) is 0.590. The number of benzene rings is 2. The zero-order valence-corrected chi connectivity index (χ0v) is 15.0. The molecule has 0 atom stereocenters. The van der Waals surface area contributed by atoms with E-state index >= 15 is 0 Å². The number of carbonyl (C=O) groups excluding carboxylic acids is 1. The molecule has 0 aliphatic carbocycles. The van der Waals surface area contributed by atoms with Crippen molar-refractivity contribution < 1.29 is 9.53 Å². The van der Waals surface area contributed by atoms with Crippen LogP contribution in [-0.4, -0.2) is 27.9 Å². The van der Waals surface area contributed by atoms with Crippen molar-refractivity contribution in [3.05, 3.63) is 59.3 Å². The van der Waals surface area contributed by atoms with E-state index in [0.717, 1.165) is 11.3 Å². The lowest BCUT2D eigenvalue weighted by Gasteiger charge is -2.11. The Kier molecular flexibility index (Phi) is 5.17. The van der Waals surface area contributed by atoms with Crippen LogP contribution in [0.15, 0.2) is 42.5 Å². The number of aromatic amines is 1. The average molecular weight is 351 g/mol. The Balaban J connectivity index is 1.79. The summed E-state index contributed by atoms with van der Waals surface area (Å²) in [4.78, 5) is 12.6. The molecule has 0 unspecified atom stereocenters. The van der Waals surface area contributed by atoms with Crippen molar-refractivity contribution in [3.63, 3.8) is 0 Å². The molecule has 2 aromatic carbocycles. The maximum absolute atomic E-state index is 12.6. The van der Waals surface area contributed by atoms with Crippen LogP contribution < -0.4 is 15.4 Å². The van der Waals surface area contributed by atoms with Crippen molar-refractivity contribution in [1.82, 2.24) is 15.4 Å². The molecule has 3 rings (SSSR count). The minimum absolute atomic E-state index is 0.175. The molecule has 0 fully saturated rings. The first-order chi connectivity index (χ1) is 12.6. The van der Waals surface area contributed by atoms with Crippen molar-refractivity contribution in [2.75, 3.05) is 17.2 Å². The Morgan fingerprint density at radius 3 is 2.69 bits per heavy atom. The van der Waals surface area contributed by atoms with Gasteiger partial charge in [0, 0.05) is 5.69 Å². The highest BCUT2D eigenvalue weighted by molar-refractivity contribution is 6.06. The molecule has 0 aliphatic rings. The van der Waals surface area contributed by atoms with Crippen LogP contribution >= 0.6 is 0 Å². The Morgan fingerprint density at radius 2 is 1.92 bits per heavy atom. The van der Waals surface area contributed by atoms with Crippen molar-refractivity contribution in [2.45, 2.75) is 20.8 Å². The predicted octanol–water partition coefficient (Wildman–Crippen LogP) is 3.82. The first-order valence-electron chi connectivity index (χ1n) is 8.36. The van der Waals surface area contributed by atoms with E-state index in [1.807, 2.05) is 51.1 Å². The molecule has 0 aliphatic heterocycles. The highest BCUT2D eigenvalue weighted by atomic mass is 16.5. The highest BCUT2D eigenvalue weighted by Crippen LogP contribution is 2.25. The van der Waals surface area contributed by atoms with Gasteiger partial charge in [0.25, 0.3) is 5.91 Å². The van der Waals surface area contributed by atoms with Crippen LogP contribution in [0.2, 0.25) is 0 Å². The van der Waals surface area contributed by atoms with Gasteiger partial charge in [-0.3, -0.25) is 4.79 Å². The van der Waals surface area contributed by atoms with Gasteiger partial charge < -0.3 is 15.4 Å². The summed E-state index contributed by atoms with van der Waals surface area (Å²) >= 11 is 0. The van der Waals surface area contributed by atoms with E-state index < -0.39 is 0 Å². The largest absolute Gasteiger partial charge is 0.492 e. The molecule has 26 heavy (non-hydrogen) atoms. The number of amides is 1. The van der Waals surface area contributed by atoms with E-state index in [1.54, 1.807) is 12.1 Å². The first-order valence-corrected chi connectivity index (χ1v) is 8.36. The Hall–Kier alpha value is -3.35. The Labute approximate surface area is 151 Å². The molecule has 7 heteroatoms. The minimum atomic E-state index is -0.378. The fourth-order valence-electron chi connectivity index (χ4n) is 2.47. The third-order valence-electron chi connectivity index (χ3n) is 3.97. The maximum atomic E-state index is 12.6. The fourth-order valence-corrected chi connectivity index (χ4v) is 2.47. The molecule has 3 aromatic rings. The molecule has 0 saturated carbocycles. The van der Waals surface area contributed by atoms with Crippen molar-refractivity contribution >= 4 is 23.1 Å². The third kappa shape index (κ3) is 3.83. The normalized spacial score (nSPS) is 10.4. The second kappa shape index (κ2) is 7.69. The summed E-state index contributed by atoms with van der Waals surface area (Å²) < 4.78 is 5.53. The lowest BCUT2D eigenvalue weighted by molar-refractivity contribution is 0.102. The molecule has 0 bridgehead atoms. The molecule has 1 aromatic heterocycles. The maximum Gasteiger partial charge on any atom is 0.280 e. The third-order valence-corrected chi connectivity index (χ3v) is 3.97. The number of ether oxygens (including phenoxy) is 1. The van der Waals surface area contributed by atoms with Crippen LogP contribution in [0.3, 0.4) is 0 Å². The number of H-pyrrole nitrogens is 1. The predicted molar refractivity (Wildman–Crippen MR) is 101 cm³/mol. The number of rotatable bonds is 6. The SMILES string of the molecule is CCOc1ccccc1NC(=O)c1n[nH]nc1Nc1ccc(C)c(C)c1. The zero-order chi connectivity index (χ0) is 18.5. The van der Waals surface area contributed by atoms with Gasteiger partial charge in [-0.1, -0.05) is 18.2 Å². The van der Waals surface area contributed by atoms with Gasteiger partial charge in [0.1, 0.15) is 5.75 Å². The van der Waals surface area contributed by atoms with Gasteiger partial charge in [-0.15, -0.1) is 10.2 Å². The summed E-state index contributed by atoms with van der Waals surface area (Å²) in [7, 11) is 0. The average Bonchev–Trinajstić information content (AvgIpc) is 3.08. The van der Waals surface area contributed by atoms with Gasteiger partial charge in [0.15, 0.2) is 11.5 Å². The van der Waals surface area contributed by atoms with Crippen LogP contribution in [0.4, 0.5) is 17.2 Å². The molecule has 1 heterocycles. The van der Waals surface area contributed by atoms with Crippen molar-refractivity contribution in [1.29, 1.82) is 0 Å².